The Kier molecular flexibility index (Phi) is 9.71. The molecule has 2 aromatic rings. The highest BCUT2D eigenvalue weighted by Gasteiger charge is 2.32. The summed E-state index contributed by atoms with van der Waals surface area (Å²) < 4.78 is 22.9. The number of benzene rings is 1. The molecule has 7 nitrogen and oxygen atoms in total. The molecular weight excluding hydrogens is 490 g/mol. The molecule has 1 atom stereocenters. The molecule has 1 amide bonds. The van der Waals surface area contributed by atoms with E-state index in [0.717, 1.165) is 27.8 Å². The van der Waals surface area contributed by atoms with Gasteiger partial charge in [0.2, 0.25) is 11.7 Å². The Morgan fingerprint density at radius 2 is 1.83 bits per heavy atom. The van der Waals surface area contributed by atoms with E-state index in [-0.39, 0.29) is 17.4 Å². The van der Waals surface area contributed by atoms with Gasteiger partial charge in [-0.25, -0.2) is 0 Å². The van der Waals surface area contributed by atoms with Crippen molar-refractivity contribution in [1.82, 2.24) is 5.32 Å². The van der Waals surface area contributed by atoms with Gasteiger partial charge < -0.3 is 24.3 Å². The molecule has 0 aliphatic heterocycles. The SMILES string of the molecule is COCc1c2c(c(OC)c(OC)c1OC)-c1ccc(SC)c(=O)cc1[C@@H](NC(=O)CCCCl)CC2. The highest BCUT2D eigenvalue weighted by molar-refractivity contribution is 7.98. The Balaban J connectivity index is 2.38. The van der Waals surface area contributed by atoms with Gasteiger partial charge in [-0.1, -0.05) is 6.07 Å². The molecule has 0 radical (unpaired) electrons. The lowest BCUT2D eigenvalue weighted by Gasteiger charge is -2.23. The normalized spacial score (nSPS) is 14.4. The molecule has 0 heterocycles. The number of hydrogen-bond acceptors (Lipinski definition) is 7. The van der Waals surface area contributed by atoms with Crippen LogP contribution in [0.15, 0.2) is 27.9 Å². The van der Waals surface area contributed by atoms with E-state index in [1.54, 1.807) is 34.5 Å². The zero-order chi connectivity index (χ0) is 25.5. The number of carbonyl (C=O) groups is 1. The summed E-state index contributed by atoms with van der Waals surface area (Å²) in [5.74, 6) is 1.82. The van der Waals surface area contributed by atoms with Crippen LogP contribution < -0.4 is 25.0 Å². The molecule has 0 fully saturated rings. The van der Waals surface area contributed by atoms with Crippen molar-refractivity contribution in [2.45, 2.75) is 43.2 Å². The molecule has 35 heavy (non-hydrogen) atoms. The molecule has 190 valence electrons. The second kappa shape index (κ2) is 12.5. The highest BCUT2D eigenvalue weighted by Crippen LogP contribution is 2.52. The molecule has 9 heteroatoms. The van der Waals surface area contributed by atoms with Gasteiger partial charge in [0.05, 0.1) is 38.9 Å². The van der Waals surface area contributed by atoms with E-state index in [0.29, 0.717) is 60.3 Å². The minimum atomic E-state index is -0.368. The van der Waals surface area contributed by atoms with Crippen molar-refractivity contribution in [2.75, 3.05) is 40.6 Å². The van der Waals surface area contributed by atoms with Crippen molar-refractivity contribution in [2.24, 2.45) is 0 Å². The maximum atomic E-state index is 13.1. The Bertz CT molecular complexity index is 1140. The largest absolute Gasteiger partial charge is 0.492 e. The zero-order valence-corrected chi connectivity index (χ0v) is 22.4. The summed E-state index contributed by atoms with van der Waals surface area (Å²) in [6.07, 6.45) is 3.96. The zero-order valence-electron chi connectivity index (χ0n) is 20.8. The van der Waals surface area contributed by atoms with Gasteiger partial charge in [0.25, 0.3) is 0 Å². The van der Waals surface area contributed by atoms with E-state index >= 15 is 0 Å². The second-order valence-corrected chi connectivity index (χ2v) is 9.32. The van der Waals surface area contributed by atoms with E-state index in [1.807, 2.05) is 18.4 Å². The first-order valence-corrected chi connectivity index (χ1v) is 13.1. The van der Waals surface area contributed by atoms with E-state index < -0.39 is 0 Å². The van der Waals surface area contributed by atoms with Gasteiger partial charge in [0.15, 0.2) is 16.9 Å². The standard InChI is InChI=1S/C26H32ClNO6S/c1-31-14-18-16-8-10-19(28-22(30)7-6-12-27)17-13-20(29)21(35-5)11-9-15(17)23(16)25(33-3)26(34-4)24(18)32-2/h9,11,13,19H,6-8,10,12,14H2,1-5H3,(H,28,30)/t19-/m0/s1. The fourth-order valence-corrected chi connectivity index (χ4v) is 5.23. The lowest BCUT2D eigenvalue weighted by atomic mass is 9.91. The van der Waals surface area contributed by atoms with Gasteiger partial charge in [0, 0.05) is 30.5 Å². The number of ether oxygens (including phenoxy) is 4. The summed E-state index contributed by atoms with van der Waals surface area (Å²) in [5.41, 5.74) is 4.08. The number of fused-ring (bicyclic) bond motifs is 3. The van der Waals surface area contributed by atoms with Gasteiger partial charge in [-0.3, -0.25) is 9.59 Å². The average molecular weight is 522 g/mol. The van der Waals surface area contributed by atoms with E-state index in [2.05, 4.69) is 5.32 Å². The molecule has 3 rings (SSSR count). The van der Waals surface area contributed by atoms with Gasteiger partial charge in [-0.2, -0.15) is 0 Å². The van der Waals surface area contributed by atoms with Crippen LogP contribution >= 0.6 is 23.4 Å². The Hall–Kier alpha value is -2.42. The topological polar surface area (TPSA) is 83.1 Å². The number of halogens is 1. The molecule has 0 aromatic heterocycles. The molecule has 0 saturated heterocycles. The van der Waals surface area contributed by atoms with Crippen molar-refractivity contribution in [1.29, 1.82) is 0 Å². The lowest BCUT2D eigenvalue weighted by molar-refractivity contribution is -0.121. The van der Waals surface area contributed by atoms with Crippen LogP contribution in [0.4, 0.5) is 0 Å². The lowest BCUT2D eigenvalue weighted by Crippen LogP contribution is -2.29. The predicted octanol–water partition coefficient (Wildman–Crippen LogP) is 4.73. The monoisotopic (exact) mass is 521 g/mol. The number of carbonyl (C=O) groups excluding carboxylic acids is 1. The molecule has 0 saturated carbocycles. The third kappa shape index (κ3) is 5.55. The maximum Gasteiger partial charge on any atom is 0.220 e. The van der Waals surface area contributed by atoms with Crippen molar-refractivity contribution in [3.63, 3.8) is 0 Å². The number of nitrogens with one attached hydrogen (secondary N) is 1. The third-order valence-corrected chi connectivity index (χ3v) is 7.19. The summed E-state index contributed by atoms with van der Waals surface area (Å²) in [6, 6.07) is 5.01. The summed E-state index contributed by atoms with van der Waals surface area (Å²) >= 11 is 7.18. The van der Waals surface area contributed by atoms with Crippen LogP contribution in [0.5, 0.6) is 17.2 Å². The minimum absolute atomic E-state index is 0.0984. The number of methoxy groups -OCH3 is 4. The van der Waals surface area contributed by atoms with Gasteiger partial charge in [-0.05, 0) is 54.3 Å². The number of hydrogen-bond donors (Lipinski definition) is 1. The fraction of sp³-hybridized carbons (Fsp3) is 0.462. The van der Waals surface area contributed by atoms with Crippen LogP contribution in [-0.4, -0.2) is 46.5 Å². The first kappa shape index (κ1) is 27.2. The first-order chi connectivity index (χ1) is 16.9. The minimum Gasteiger partial charge on any atom is -0.492 e. The number of rotatable bonds is 10. The first-order valence-electron chi connectivity index (χ1n) is 11.4. The predicted molar refractivity (Wildman–Crippen MR) is 139 cm³/mol. The smallest absolute Gasteiger partial charge is 0.220 e. The van der Waals surface area contributed by atoms with Crippen molar-refractivity contribution < 1.29 is 23.7 Å². The Morgan fingerprint density at radius 3 is 2.43 bits per heavy atom. The van der Waals surface area contributed by atoms with Crippen molar-refractivity contribution in [3.05, 3.63) is 45.1 Å². The van der Waals surface area contributed by atoms with Gasteiger partial charge in [0.1, 0.15) is 0 Å². The third-order valence-electron chi connectivity index (χ3n) is 6.14. The second-order valence-electron chi connectivity index (χ2n) is 8.10. The van der Waals surface area contributed by atoms with E-state index in [4.69, 9.17) is 30.5 Å². The van der Waals surface area contributed by atoms with Crippen LogP contribution in [0.2, 0.25) is 0 Å². The summed E-state index contributed by atoms with van der Waals surface area (Å²) in [5, 5.41) is 3.13. The van der Waals surface area contributed by atoms with Gasteiger partial charge >= 0.3 is 0 Å². The number of alkyl halides is 1. The summed E-state index contributed by atoms with van der Waals surface area (Å²) in [6.45, 7) is 0.301. The van der Waals surface area contributed by atoms with E-state index in [1.165, 1.54) is 11.8 Å². The van der Waals surface area contributed by atoms with E-state index in [9.17, 15) is 9.59 Å². The summed E-state index contributed by atoms with van der Waals surface area (Å²) in [7, 11) is 6.36. The summed E-state index contributed by atoms with van der Waals surface area (Å²) in [4.78, 5) is 26.4. The number of amides is 1. The fourth-order valence-electron chi connectivity index (χ4n) is 4.63. The van der Waals surface area contributed by atoms with Crippen molar-refractivity contribution >= 4 is 29.3 Å². The molecule has 1 aliphatic carbocycles. The molecule has 2 aromatic carbocycles. The molecule has 0 spiro atoms. The van der Waals surface area contributed by atoms with Gasteiger partial charge in [-0.15, -0.1) is 23.4 Å². The molecular formula is C26H32ClNO6S. The quantitative estimate of drug-likeness (QED) is 0.357. The van der Waals surface area contributed by atoms with Crippen LogP contribution in [0.3, 0.4) is 0 Å². The van der Waals surface area contributed by atoms with Crippen LogP contribution in [0.25, 0.3) is 11.1 Å². The molecule has 1 aliphatic rings. The van der Waals surface area contributed by atoms with Crippen molar-refractivity contribution in [3.8, 4) is 28.4 Å². The Labute approximate surface area is 215 Å². The number of thioether (sulfide) groups is 1. The van der Waals surface area contributed by atoms with Crippen LogP contribution in [0, 0.1) is 0 Å². The molecule has 1 N–H and O–H groups in total. The maximum absolute atomic E-state index is 13.1. The Morgan fingerprint density at radius 1 is 1.11 bits per heavy atom. The van der Waals surface area contributed by atoms with Crippen LogP contribution in [0.1, 0.15) is 42.0 Å². The van der Waals surface area contributed by atoms with Crippen LogP contribution in [-0.2, 0) is 22.6 Å². The average Bonchev–Trinajstić information content (AvgIpc) is 3.11. The molecule has 0 bridgehead atoms. The highest BCUT2D eigenvalue weighted by atomic mass is 35.5. The molecule has 0 unspecified atom stereocenters.